The van der Waals surface area contributed by atoms with Crippen LogP contribution in [0.3, 0.4) is 0 Å². The molecule has 3 N–H and O–H groups in total. The average molecular weight is 517 g/mol. The van der Waals surface area contributed by atoms with Gasteiger partial charge in [-0.15, -0.1) is 0 Å². The van der Waals surface area contributed by atoms with Gasteiger partial charge in [-0.05, 0) is 38.0 Å². The molecule has 0 saturated carbocycles. The van der Waals surface area contributed by atoms with Crippen LogP contribution in [0.4, 0.5) is 17.3 Å². The van der Waals surface area contributed by atoms with Gasteiger partial charge in [-0.1, -0.05) is 13.8 Å². The molecule has 10 nitrogen and oxygen atoms in total. The molecule has 10 heteroatoms. The summed E-state index contributed by atoms with van der Waals surface area (Å²) >= 11 is 0. The monoisotopic (exact) mass is 516 g/mol. The predicted octanol–water partition coefficient (Wildman–Crippen LogP) is 3.79. The maximum atomic E-state index is 12.2. The zero-order valence-corrected chi connectivity index (χ0v) is 22.5. The highest BCUT2D eigenvalue weighted by molar-refractivity contribution is 6.03. The second kappa shape index (κ2) is 11.3. The average Bonchev–Trinajstić information content (AvgIpc) is 3.24. The van der Waals surface area contributed by atoms with Crippen molar-refractivity contribution in [2.75, 3.05) is 48.8 Å². The van der Waals surface area contributed by atoms with Crippen molar-refractivity contribution in [2.24, 2.45) is 0 Å². The van der Waals surface area contributed by atoms with Gasteiger partial charge in [0, 0.05) is 55.5 Å². The van der Waals surface area contributed by atoms with Gasteiger partial charge >= 0.3 is 0 Å². The highest BCUT2D eigenvalue weighted by atomic mass is 16.5. The number of methoxy groups -OCH3 is 1. The lowest BCUT2D eigenvalue weighted by Crippen LogP contribution is -2.35. The van der Waals surface area contributed by atoms with Crippen LogP contribution in [0.5, 0.6) is 5.75 Å². The predicted molar refractivity (Wildman–Crippen MR) is 149 cm³/mol. The molecule has 0 aromatic carbocycles. The summed E-state index contributed by atoms with van der Waals surface area (Å²) in [5, 5.41) is 9.95. The molecule has 1 amide bonds. The molecule has 1 saturated heterocycles. The lowest BCUT2D eigenvalue weighted by atomic mass is 9.91. The molecule has 0 spiro atoms. The second-order valence-corrected chi connectivity index (χ2v) is 10.2. The zero-order chi connectivity index (χ0) is 26.6. The first kappa shape index (κ1) is 25.8. The zero-order valence-electron chi connectivity index (χ0n) is 22.5. The maximum Gasteiger partial charge on any atom is 0.233 e. The van der Waals surface area contributed by atoms with Crippen molar-refractivity contribution in [1.29, 1.82) is 0 Å². The molecule has 5 rings (SSSR count). The first-order valence-corrected chi connectivity index (χ1v) is 13.3. The van der Waals surface area contributed by atoms with Gasteiger partial charge in [0.25, 0.3) is 0 Å². The standard InChI is InChI=1S/C28H36N8O2/c1-17(2)30-9-10-31-23-6-5-22(20-13-21(38-4)15-29-14-20)34-25(23)19-7-11-36(12-8-19)27-24-18(3)28(37)35-26(24)32-16-33-27/h5-6,13-19,30-31H,7-12H2,1-4H3,(H,32,33,35,37). The molecule has 1 unspecified atom stereocenters. The summed E-state index contributed by atoms with van der Waals surface area (Å²) in [5.74, 6) is 2.23. The Morgan fingerprint density at radius 1 is 1.16 bits per heavy atom. The highest BCUT2D eigenvalue weighted by Gasteiger charge is 2.34. The van der Waals surface area contributed by atoms with Gasteiger partial charge in [0.2, 0.25) is 5.91 Å². The lowest BCUT2D eigenvalue weighted by Gasteiger charge is -2.34. The Balaban J connectivity index is 1.37. The molecule has 200 valence electrons. The normalized spacial score (nSPS) is 17.4. The van der Waals surface area contributed by atoms with E-state index in [0.29, 0.717) is 17.6 Å². The molecule has 2 aliphatic rings. The SMILES string of the molecule is COc1cncc(-c2ccc(NCCNC(C)C)c(C3CCN(c4ncnc5c4C(C)C(=O)N5)CC3)n2)c1. The molecule has 5 heterocycles. The second-order valence-electron chi connectivity index (χ2n) is 10.2. The summed E-state index contributed by atoms with van der Waals surface area (Å²) < 4.78 is 5.38. The van der Waals surface area contributed by atoms with Gasteiger partial charge in [-0.25, -0.2) is 9.97 Å². The Labute approximate surface area is 223 Å². The minimum atomic E-state index is -0.246. The van der Waals surface area contributed by atoms with E-state index >= 15 is 0 Å². The van der Waals surface area contributed by atoms with Crippen LogP contribution in [-0.2, 0) is 4.79 Å². The van der Waals surface area contributed by atoms with Crippen LogP contribution < -0.4 is 25.6 Å². The Morgan fingerprint density at radius 3 is 2.74 bits per heavy atom. The third-order valence-electron chi connectivity index (χ3n) is 7.27. The molecule has 0 bridgehead atoms. The fraction of sp³-hybridized carbons (Fsp3) is 0.464. The third kappa shape index (κ3) is 5.40. The number of aromatic nitrogens is 4. The minimum Gasteiger partial charge on any atom is -0.495 e. The number of amides is 1. The highest BCUT2D eigenvalue weighted by Crippen LogP contribution is 2.40. The van der Waals surface area contributed by atoms with Gasteiger partial charge < -0.3 is 25.6 Å². The number of hydrogen-bond donors (Lipinski definition) is 3. The number of pyridine rings is 2. The van der Waals surface area contributed by atoms with E-state index in [-0.39, 0.29) is 17.7 Å². The topological polar surface area (TPSA) is 117 Å². The number of piperidine rings is 1. The van der Waals surface area contributed by atoms with Gasteiger partial charge in [0.05, 0.1) is 36.3 Å². The van der Waals surface area contributed by atoms with Crippen molar-refractivity contribution in [3.63, 3.8) is 0 Å². The Morgan fingerprint density at radius 2 is 1.97 bits per heavy atom. The van der Waals surface area contributed by atoms with Crippen molar-refractivity contribution in [3.05, 3.63) is 48.2 Å². The number of carbonyl (C=O) groups excluding carboxylic acids is 1. The summed E-state index contributed by atoms with van der Waals surface area (Å²) in [6, 6.07) is 6.59. The van der Waals surface area contributed by atoms with Crippen molar-refractivity contribution in [3.8, 4) is 17.0 Å². The molecule has 1 fully saturated rings. The molecule has 0 radical (unpaired) electrons. The van der Waals surface area contributed by atoms with Crippen LogP contribution in [0.15, 0.2) is 36.9 Å². The maximum absolute atomic E-state index is 12.2. The number of rotatable bonds is 9. The Bertz CT molecular complexity index is 1290. The van der Waals surface area contributed by atoms with Crippen LogP contribution in [0.2, 0.25) is 0 Å². The van der Waals surface area contributed by atoms with E-state index < -0.39 is 0 Å². The molecule has 38 heavy (non-hydrogen) atoms. The third-order valence-corrected chi connectivity index (χ3v) is 7.27. The molecule has 3 aromatic heterocycles. The van der Waals surface area contributed by atoms with E-state index in [9.17, 15) is 4.79 Å². The molecule has 3 aromatic rings. The van der Waals surface area contributed by atoms with Gasteiger partial charge in [0.15, 0.2) is 0 Å². The first-order chi connectivity index (χ1) is 18.4. The summed E-state index contributed by atoms with van der Waals surface area (Å²) in [6.45, 7) is 9.56. The molecule has 2 aliphatic heterocycles. The fourth-order valence-corrected chi connectivity index (χ4v) is 5.18. The van der Waals surface area contributed by atoms with E-state index in [1.807, 2.05) is 25.3 Å². The number of nitrogens with one attached hydrogen (secondary N) is 3. The number of anilines is 3. The number of carbonyl (C=O) groups is 1. The van der Waals surface area contributed by atoms with Crippen molar-refractivity contribution < 1.29 is 9.53 Å². The number of nitrogens with zero attached hydrogens (tertiary/aromatic N) is 5. The van der Waals surface area contributed by atoms with Crippen molar-refractivity contribution in [1.82, 2.24) is 25.3 Å². The first-order valence-electron chi connectivity index (χ1n) is 13.3. The number of fused-ring (bicyclic) bond motifs is 1. The smallest absolute Gasteiger partial charge is 0.233 e. The van der Waals surface area contributed by atoms with E-state index in [1.165, 1.54) is 0 Å². The van der Waals surface area contributed by atoms with Gasteiger partial charge in [-0.3, -0.25) is 14.8 Å². The number of ether oxygens (including phenoxy) is 1. The van der Waals surface area contributed by atoms with Crippen LogP contribution in [0, 0.1) is 0 Å². The number of hydrogen-bond acceptors (Lipinski definition) is 9. The summed E-state index contributed by atoms with van der Waals surface area (Å²) in [6.07, 6.45) is 6.92. The molecule has 0 aliphatic carbocycles. The lowest BCUT2D eigenvalue weighted by molar-refractivity contribution is -0.116. The summed E-state index contributed by atoms with van der Waals surface area (Å²) in [5.41, 5.74) is 4.86. The van der Waals surface area contributed by atoms with E-state index in [4.69, 9.17) is 9.72 Å². The van der Waals surface area contributed by atoms with E-state index in [1.54, 1.807) is 19.6 Å². The largest absolute Gasteiger partial charge is 0.495 e. The van der Waals surface area contributed by atoms with E-state index in [2.05, 4.69) is 55.7 Å². The Hall–Kier alpha value is -3.79. The van der Waals surface area contributed by atoms with Crippen molar-refractivity contribution >= 4 is 23.2 Å². The van der Waals surface area contributed by atoms with E-state index in [0.717, 1.165) is 73.0 Å². The summed E-state index contributed by atoms with van der Waals surface area (Å²) in [7, 11) is 1.64. The molecular formula is C28H36N8O2. The van der Waals surface area contributed by atoms with Crippen molar-refractivity contribution in [2.45, 2.75) is 51.5 Å². The van der Waals surface area contributed by atoms with Crippen LogP contribution >= 0.6 is 0 Å². The van der Waals surface area contributed by atoms with Crippen LogP contribution in [-0.4, -0.2) is 65.2 Å². The van der Waals surface area contributed by atoms with Crippen LogP contribution in [0.1, 0.15) is 56.7 Å². The Kier molecular flexibility index (Phi) is 7.69. The van der Waals surface area contributed by atoms with Gasteiger partial charge in [-0.2, -0.15) is 0 Å². The van der Waals surface area contributed by atoms with Gasteiger partial charge in [0.1, 0.15) is 23.7 Å². The minimum absolute atomic E-state index is 0.0210. The molecular weight excluding hydrogens is 480 g/mol. The molecule has 1 atom stereocenters. The fourth-order valence-electron chi connectivity index (χ4n) is 5.18. The quantitative estimate of drug-likeness (QED) is 0.365. The van der Waals surface area contributed by atoms with Crippen LogP contribution in [0.25, 0.3) is 11.3 Å². The summed E-state index contributed by atoms with van der Waals surface area (Å²) in [4.78, 5) is 32.9.